The van der Waals surface area contributed by atoms with Gasteiger partial charge in [0.15, 0.2) is 11.9 Å². The molecule has 3 rings (SSSR count). The number of nitrogens with zero attached hydrogens (tertiary/aromatic N) is 2. The summed E-state index contributed by atoms with van der Waals surface area (Å²) >= 11 is 0. The van der Waals surface area contributed by atoms with E-state index in [9.17, 15) is 71.0 Å². The van der Waals surface area contributed by atoms with Gasteiger partial charge < -0.3 is 9.84 Å². The first-order chi connectivity index (χ1) is 18.4. The van der Waals surface area contributed by atoms with Crippen LogP contribution in [0.4, 0.5) is 71.5 Å². The molecule has 1 aliphatic heterocycles. The fourth-order valence-electron chi connectivity index (χ4n) is 4.11. The van der Waals surface area contributed by atoms with Crippen LogP contribution in [-0.2, 0) is 29.4 Å². The van der Waals surface area contributed by atoms with Crippen LogP contribution in [0, 0.1) is 5.92 Å². The predicted molar refractivity (Wildman–Crippen MR) is 108 cm³/mol. The third-order valence-corrected chi connectivity index (χ3v) is 5.84. The Labute approximate surface area is 218 Å². The van der Waals surface area contributed by atoms with Gasteiger partial charge in [0.2, 0.25) is 0 Å². The average Bonchev–Trinajstić information content (AvgIpc) is 3.14. The number of hydrogen-bond acceptors (Lipinski definition) is 4. The minimum atomic E-state index is -5.69. The minimum absolute atomic E-state index is 0.0266. The summed E-state index contributed by atoms with van der Waals surface area (Å²) in [5.41, 5.74) is -13.2. The summed E-state index contributed by atoms with van der Waals surface area (Å²) in [5, 5.41) is 13.1. The standard InChI is InChI=1S/C22H13F15N2O2/c1-41-15(10-4-2-8(18(23,24)25)6-11(10)20(29,30)31)14-16(22(35,36)37)38-39(17(14)40)13-5-3-9(19(26,27)28)7-12(13)21(32,33)34/h2-7,14-15,17,40H,1H3. The van der Waals surface area contributed by atoms with Crippen molar-refractivity contribution in [2.75, 3.05) is 12.1 Å². The molecule has 1 heterocycles. The van der Waals surface area contributed by atoms with Crippen molar-refractivity contribution in [1.29, 1.82) is 0 Å². The molecular formula is C22H13F15N2O2. The maximum Gasteiger partial charge on any atom is 0.431 e. The van der Waals surface area contributed by atoms with E-state index in [1.54, 1.807) is 0 Å². The van der Waals surface area contributed by atoms with Crippen molar-refractivity contribution in [1.82, 2.24) is 0 Å². The molecular weight excluding hydrogens is 609 g/mol. The number of anilines is 1. The summed E-state index contributed by atoms with van der Waals surface area (Å²) in [5.74, 6) is -2.83. The fraction of sp³-hybridized carbons (Fsp3) is 0.409. The minimum Gasteiger partial charge on any atom is -0.376 e. The Kier molecular flexibility index (Phi) is 8.07. The highest BCUT2D eigenvalue weighted by Gasteiger charge is 2.56. The topological polar surface area (TPSA) is 45.1 Å². The van der Waals surface area contributed by atoms with Gasteiger partial charge in [-0.2, -0.15) is 71.0 Å². The Morgan fingerprint density at radius 1 is 0.683 bits per heavy atom. The summed E-state index contributed by atoms with van der Waals surface area (Å²) in [6.45, 7) is 0. The zero-order valence-electron chi connectivity index (χ0n) is 19.6. The number of halogens is 15. The molecule has 3 unspecified atom stereocenters. The molecule has 19 heteroatoms. The van der Waals surface area contributed by atoms with Crippen molar-refractivity contribution in [2.24, 2.45) is 11.0 Å². The van der Waals surface area contributed by atoms with Crippen molar-refractivity contribution in [3.05, 3.63) is 64.2 Å². The molecule has 2 aromatic rings. The highest BCUT2D eigenvalue weighted by atomic mass is 19.4. The van der Waals surface area contributed by atoms with Gasteiger partial charge in [0.25, 0.3) is 0 Å². The van der Waals surface area contributed by atoms with E-state index in [-0.39, 0.29) is 24.3 Å². The van der Waals surface area contributed by atoms with E-state index in [4.69, 9.17) is 4.74 Å². The lowest BCUT2D eigenvalue weighted by molar-refractivity contribution is -0.145. The molecule has 0 saturated carbocycles. The molecule has 0 amide bonds. The van der Waals surface area contributed by atoms with Gasteiger partial charge in [-0.15, -0.1) is 0 Å². The lowest BCUT2D eigenvalue weighted by Gasteiger charge is -2.31. The van der Waals surface area contributed by atoms with Crippen LogP contribution in [-0.4, -0.2) is 30.3 Å². The number of hydrogen-bond donors (Lipinski definition) is 1. The third kappa shape index (κ3) is 6.49. The van der Waals surface area contributed by atoms with Crippen LogP contribution in [0.2, 0.25) is 0 Å². The molecule has 0 radical (unpaired) electrons. The second kappa shape index (κ2) is 10.2. The first-order valence-corrected chi connectivity index (χ1v) is 10.6. The molecule has 228 valence electrons. The Bertz CT molecular complexity index is 1310. The van der Waals surface area contributed by atoms with E-state index in [1.807, 2.05) is 0 Å². The summed E-state index contributed by atoms with van der Waals surface area (Å²) < 4.78 is 207. The van der Waals surface area contributed by atoms with E-state index in [0.717, 1.165) is 0 Å². The van der Waals surface area contributed by atoms with E-state index >= 15 is 0 Å². The fourth-order valence-corrected chi connectivity index (χ4v) is 4.11. The van der Waals surface area contributed by atoms with Crippen molar-refractivity contribution >= 4 is 11.4 Å². The predicted octanol–water partition coefficient (Wildman–Crippen LogP) is 7.82. The molecule has 0 spiro atoms. The third-order valence-electron chi connectivity index (χ3n) is 5.84. The van der Waals surface area contributed by atoms with Crippen LogP contribution < -0.4 is 5.01 Å². The first kappa shape index (κ1) is 32.3. The van der Waals surface area contributed by atoms with Crippen LogP contribution in [0.5, 0.6) is 0 Å². The summed E-state index contributed by atoms with van der Waals surface area (Å²) in [6, 6.07) is -0.680. The van der Waals surface area contributed by atoms with Crippen molar-refractivity contribution in [3.63, 3.8) is 0 Å². The summed E-state index contributed by atoms with van der Waals surface area (Å²) in [6.07, 6.45) is -33.3. The number of hydrazone groups is 1. The van der Waals surface area contributed by atoms with Crippen LogP contribution in [0.25, 0.3) is 0 Å². The van der Waals surface area contributed by atoms with Crippen molar-refractivity contribution < 1.29 is 75.7 Å². The number of alkyl halides is 15. The second-order valence-corrected chi connectivity index (χ2v) is 8.45. The number of ether oxygens (including phenoxy) is 1. The van der Waals surface area contributed by atoms with Crippen molar-refractivity contribution in [3.8, 4) is 0 Å². The highest BCUT2D eigenvalue weighted by Crippen LogP contribution is 2.48. The van der Waals surface area contributed by atoms with Crippen molar-refractivity contribution in [2.45, 2.75) is 43.2 Å². The smallest absolute Gasteiger partial charge is 0.376 e. The number of benzene rings is 2. The van der Waals surface area contributed by atoms with Gasteiger partial charge in [0.05, 0.1) is 40.0 Å². The monoisotopic (exact) mass is 622 g/mol. The second-order valence-electron chi connectivity index (χ2n) is 8.45. The molecule has 3 atom stereocenters. The largest absolute Gasteiger partial charge is 0.431 e. The molecule has 0 aliphatic carbocycles. The number of methoxy groups -OCH3 is 1. The van der Waals surface area contributed by atoms with Crippen LogP contribution in [0.15, 0.2) is 41.5 Å². The van der Waals surface area contributed by atoms with Gasteiger partial charge >= 0.3 is 30.9 Å². The number of aliphatic hydroxyl groups is 1. The van der Waals surface area contributed by atoms with Crippen LogP contribution in [0.3, 0.4) is 0 Å². The Morgan fingerprint density at radius 2 is 1.15 bits per heavy atom. The summed E-state index contributed by atoms with van der Waals surface area (Å²) in [4.78, 5) is 0. The molecule has 0 saturated heterocycles. The van der Waals surface area contributed by atoms with Gasteiger partial charge in [-0.05, 0) is 35.9 Å². The first-order valence-electron chi connectivity index (χ1n) is 10.6. The Hall–Kier alpha value is -3.22. The van der Waals surface area contributed by atoms with E-state index in [2.05, 4.69) is 5.10 Å². The molecule has 0 bridgehead atoms. The highest BCUT2D eigenvalue weighted by molar-refractivity contribution is 5.96. The van der Waals surface area contributed by atoms with Crippen LogP contribution >= 0.6 is 0 Å². The van der Waals surface area contributed by atoms with Crippen LogP contribution in [0.1, 0.15) is 33.9 Å². The SMILES string of the molecule is COC(c1ccc(C(F)(F)F)cc1C(F)(F)F)C1C(C(F)(F)F)=NN(c2ccc(C(F)(F)F)cc2C(F)(F)F)C1O. The Morgan fingerprint density at radius 3 is 1.56 bits per heavy atom. The lowest BCUT2D eigenvalue weighted by atomic mass is 9.86. The molecule has 0 fully saturated rings. The average molecular weight is 622 g/mol. The lowest BCUT2D eigenvalue weighted by Crippen LogP contribution is -2.41. The molecule has 0 aromatic heterocycles. The van der Waals surface area contributed by atoms with E-state index in [1.165, 1.54) is 0 Å². The molecule has 1 N–H and O–H groups in total. The molecule has 2 aromatic carbocycles. The van der Waals surface area contributed by atoms with Gasteiger partial charge in [-0.25, -0.2) is 5.01 Å². The van der Waals surface area contributed by atoms with E-state index in [0.29, 0.717) is 7.11 Å². The maximum atomic E-state index is 13.9. The van der Waals surface area contributed by atoms with Gasteiger partial charge in [0.1, 0.15) is 0 Å². The van der Waals surface area contributed by atoms with Gasteiger partial charge in [-0.1, -0.05) is 6.07 Å². The Balaban J connectivity index is 2.25. The summed E-state index contributed by atoms with van der Waals surface area (Å²) in [7, 11) is 0.505. The zero-order chi connectivity index (χ0) is 31.5. The maximum absolute atomic E-state index is 13.9. The number of rotatable bonds is 4. The molecule has 4 nitrogen and oxygen atoms in total. The quantitative estimate of drug-likeness (QED) is 0.354. The zero-order valence-corrected chi connectivity index (χ0v) is 19.6. The normalized spacial score (nSPS) is 19.9. The van der Waals surface area contributed by atoms with Gasteiger partial charge in [-0.3, -0.25) is 0 Å². The molecule has 1 aliphatic rings. The van der Waals surface area contributed by atoms with E-state index < -0.39 is 105 Å². The molecule has 41 heavy (non-hydrogen) atoms. The van der Waals surface area contributed by atoms with Gasteiger partial charge in [0, 0.05) is 7.11 Å². The number of aliphatic hydroxyl groups excluding tert-OH is 1.